The number of thiophene rings is 1. The van der Waals surface area contributed by atoms with E-state index < -0.39 is 0 Å². The molecule has 0 bridgehead atoms. The summed E-state index contributed by atoms with van der Waals surface area (Å²) in [5.41, 5.74) is 1.19. The van der Waals surface area contributed by atoms with Gasteiger partial charge in [0.25, 0.3) is 0 Å². The SMILES string of the molecule is CNc1cc(C2CCCC2)nc(-c2cc(Br)cs2)n1. The highest BCUT2D eigenvalue weighted by Gasteiger charge is 2.20. The smallest absolute Gasteiger partial charge is 0.171 e. The number of nitrogens with one attached hydrogen (secondary N) is 1. The minimum absolute atomic E-state index is 0.609. The normalized spacial score (nSPS) is 15.9. The summed E-state index contributed by atoms with van der Waals surface area (Å²) in [6.07, 6.45) is 5.16. The minimum Gasteiger partial charge on any atom is -0.373 e. The third-order valence-corrected chi connectivity index (χ3v) is 5.25. The van der Waals surface area contributed by atoms with Crippen LogP contribution in [0.3, 0.4) is 0 Å². The molecule has 2 heterocycles. The Labute approximate surface area is 125 Å². The van der Waals surface area contributed by atoms with Gasteiger partial charge in [-0.2, -0.15) is 0 Å². The molecule has 1 aliphatic carbocycles. The molecule has 1 N–H and O–H groups in total. The lowest BCUT2D eigenvalue weighted by molar-refractivity contribution is 0.696. The van der Waals surface area contributed by atoms with Crippen molar-refractivity contribution in [1.82, 2.24) is 9.97 Å². The Morgan fingerprint density at radius 3 is 2.68 bits per heavy atom. The number of anilines is 1. The summed E-state index contributed by atoms with van der Waals surface area (Å²) in [4.78, 5) is 10.5. The molecule has 0 saturated heterocycles. The minimum atomic E-state index is 0.609. The number of aromatic nitrogens is 2. The van der Waals surface area contributed by atoms with E-state index in [0.717, 1.165) is 21.0 Å². The molecule has 0 aromatic carbocycles. The van der Waals surface area contributed by atoms with Crippen molar-refractivity contribution in [3.05, 3.63) is 27.7 Å². The average molecular weight is 338 g/mol. The first-order chi connectivity index (χ1) is 9.26. The summed E-state index contributed by atoms with van der Waals surface area (Å²) in [6.45, 7) is 0. The fourth-order valence-corrected chi connectivity index (χ4v) is 3.93. The highest BCUT2D eigenvalue weighted by atomic mass is 79.9. The van der Waals surface area contributed by atoms with Crippen LogP contribution in [-0.4, -0.2) is 17.0 Å². The van der Waals surface area contributed by atoms with Crippen molar-refractivity contribution < 1.29 is 0 Å². The first-order valence-electron chi connectivity index (χ1n) is 6.57. The third-order valence-electron chi connectivity index (χ3n) is 3.56. The summed E-state index contributed by atoms with van der Waals surface area (Å²) in [7, 11) is 1.91. The van der Waals surface area contributed by atoms with Gasteiger partial charge in [0.05, 0.1) is 4.88 Å². The second kappa shape index (κ2) is 5.59. The van der Waals surface area contributed by atoms with Gasteiger partial charge >= 0.3 is 0 Å². The van der Waals surface area contributed by atoms with E-state index >= 15 is 0 Å². The van der Waals surface area contributed by atoms with Crippen LogP contribution in [0, 0.1) is 0 Å². The van der Waals surface area contributed by atoms with Crippen molar-refractivity contribution in [2.45, 2.75) is 31.6 Å². The van der Waals surface area contributed by atoms with Gasteiger partial charge in [0.1, 0.15) is 5.82 Å². The molecule has 0 unspecified atom stereocenters. The Hall–Kier alpha value is -0.940. The molecule has 19 heavy (non-hydrogen) atoms. The van der Waals surface area contributed by atoms with Gasteiger partial charge in [-0.3, -0.25) is 0 Å². The third kappa shape index (κ3) is 2.82. The van der Waals surface area contributed by atoms with Crippen LogP contribution >= 0.6 is 27.3 Å². The van der Waals surface area contributed by atoms with Gasteiger partial charge in [-0.25, -0.2) is 9.97 Å². The quantitative estimate of drug-likeness (QED) is 0.884. The van der Waals surface area contributed by atoms with Gasteiger partial charge in [0.2, 0.25) is 0 Å². The molecule has 1 saturated carbocycles. The van der Waals surface area contributed by atoms with E-state index in [2.05, 4.69) is 43.7 Å². The van der Waals surface area contributed by atoms with E-state index in [9.17, 15) is 0 Å². The monoisotopic (exact) mass is 337 g/mol. The number of rotatable bonds is 3. The molecular weight excluding hydrogens is 322 g/mol. The summed E-state index contributed by atoms with van der Waals surface area (Å²) in [6, 6.07) is 4.18. The first kappa shape index (κ1) is 13.1. The average Bonchev–Trinajstić information content (AvgIpc) is 3.09. The summed E-state index contributed by atoms with van der Waals surface area (Å²) in [5, 5.41) is 5.22. The summed E-state index contributed by atoms with van der Waals surface area (Å²) < 4.78 is 1.09. The van der Waals surface area contributed by atoms with E-state index in [1.165, 1.54) is 31.4 Å². The molecule has 2 aromatic heterocycles. The van der Waals surface area contributed by atoms with Gasteiger partial charge in [-0.1, -0.05) is 12.8 Å². The zero-order valence-electron chi connectivity index (χ0n) is 10.8. The topological polar surface area (TPSA) is 37.8 Å². The predicted octanol–water partition coefficient (Wildman–Crippen LogP) is 4.67. The Kier molecular flexibility index (Phi) is 3.84. The maximum atomic E-state index is 4.79. The van der Waals surface area contributed by atoms with Crippen LogP contribution in [0.2, 0.25) is 0 Å². The van der Waals surface area contributed by atoms with E-state index in [1.54, 1.807) is 11.3 Å². The molecule has 0 atom stereocenters. The number of halogens is 1. The summed E-state index contributed by atoms with van der Waals surface area (Å²) in [5.74, 6) is 2.36. The Bertz CT molecular complexity index is 576. The van der Waals surface area contributed by atoms with Crippen LogP contribution in [0.1, 0.15) is 37.3 Å². The van der Waals surface area contributed by atoms with Crippen molar-refractivity contribution in [2.75, 3.05) is 12.4 Å². The van der Waals surface area contributed by atoms with E-state index in [0.29, 0.717) is 5.92 Å². The molecule has 5 heteroatoms. The van der Waals surface area contributed by atoms with Crippen LogP contribution < -0.4 is 5.32 Å². The molecule has 100 valence electrons. The molecule has 3 nitrogen and oxygen atoms in total. The van der Waals surface area contributed by atoms with Gasteiger partial charge < -0.3 is 5.32 Å². The highest BCUT2D eigenvalue weighted by Crippen LogP contribution is 2.35. The molecule has 3 rings (SSSR count). The maximum absolute atomic E-state index is 4.79. The summed E-state index contributed by atoms with van der Waals surface area (Å²) >= 11 is 5.16. The Morgan fingerprint density at radius 2 is 2.05 bits per heavy atom. The van der Waals surface area contributed by atoms with E-state index in [1.807, 2.05) is 7.05 Å². The molecule has 0 spiro atoms. The molecular formula is C14H16BrN3S. The van der Waals surface area contributed by atoms with Crippen LogP contribution in [0.5, 0.6) is 0 Å². The number of nitrogens with zero attached hydrogens (tertiary/aromatic N) is 2. The van der Waals surface area contributed by atoms with Crippen molar-refractivity contribution in [3.63, 3.8) is 0 Å². The Balaban J connectivity index is 2.01. The lowest BCUT2D eigenvalue weighted by atomic mass is 10.0. The standard InChI is InChI=1S/C14H16BrN3S/c1-16-13-7-11(9-4-2-3-5-9)17-14(18-13)12-6-10(15)8-19-12/h6-9H,2-5H2,1H3,(H,16,17,18). The first-order valence-corrected chi connectivity index (χ1v) is 8.24. The second-order valence-electron chi connectivity index (χ2n) is 4.86. The van der Waals surface area contributed by atoms with E-state index in [4.69, 9.17) is 4.98 Å². The van der Waals surface area contributed by atoms with Gasteiger partial charge in [0.15, 0.2) is 5.82 Å². The largest absolute Gasteiger partial charge is 0.373 e. The fraction of sp³-hybridized carbons (Fsp3) is 0.429. The zero-order chi connectivity index (χ0) is 13.2. The highest BCUT2D eigenvalue weighted by molar-refractivity contribution is 9.10. The second-order valence-corrected chi connectivity index (χ2v) is 6.69. The van der Waals surface area contributed by atoms with Crippen LogP contribution in [0.4, 0.5) is 5.82 Å². The van der Waals surface area contributed by atoms with Gasteiger partial charge in [-0.15, -0.1) is 11.3 Å². The lowest BCUT2D eigenvalue weighted by Crippen LogP contribution is -2.03. The van der Waals surface area contributed by atoms with Gasteiger partial charge in [0, 0.05) is 34.6 Å². The van der Waals surface area contributed by atoms with E-state index in [-0.39, 0.29) is 0 Å². The molecule has 1 fully saturated rings. The Morgan fingerprint density at radius 1 is 1.26 bits per heavy atom. The van der Waals surface area contributed by atoms with Crippen molar-refractivity contribution in [3.8, 4) is 10.7 Å². The van der Waals surface area contributed by atoms with Crippen molar-refractivity contribution in [2.24, 2.45) is 0 Å². The number of hydrogen-bond donors (Lipinski definition) is 1. The van der Waals surface area contributed by atoms with Crippen molar-refractivity contribution in [1.29, 1.82) is 0 Å². The lowest BCUT2D eigenvalue weighted by Gasteiger charge is -2.11. The molecule has 0 radical (unpaired) electrons. The maximum Gasteiger partial charge on any atom is 0.171 e. The molecule has 2 aromatic rings. The zero-order valence-corrected chi connectivity index (χ0v) is 13.2. The number of hydrogen-bond acceptors (Lipinski definition) is 4. The fourth-order valence-electron chi connectivity index (χ4n) is 2.57. The molecule has 1 aliphatic rings. The van der Waals surface area contributed by atoms with Crippen LogP contribution in [0.15, 0.2) is 22.0 Å². The predicted molar refractivity (Wildman–Crippen MR) is 83.8 cm³/mol. The van der Waals surface area contributed by atoms with Crippen molar-refractivity contribution >= 4 is 33.1 Å². The molecule has 0 aliphatic heterocycles. The van der Waals surface area contributed by atoms with Crippen LogP contribution in [-0.2, 0) is 0 Å². The molecule has 0 amide bonds. The van der Waals surface area contributed by atoms with Crippen LogP contribution in [0.25, 0.3) is 10.7 Å². The van der Waals surface area contributed by atoms with Gasteiger partial charge in [-0.05, 0) is 34.8 Å².